The Hall–Kier alpha value is -2.18. The standard InChI is InChI=1S/C19H22N2O3S/c1-23-17-4-2-3-5-18(17)24-16-8-6-14(7-9-16)21-19(22)12-15-13-25-11-10-20-15/h2-9,15,20H,10-13H2,1H3,(H,21,22). The third kappa shape index (κ3) is 5.14. The minimum atomic E-state index is 0.0263. The van der Waals surface area contributed by atoms with Crippen molar-refractivity contribution in [1.29, 1.82) is 0 Å². The molecule has 5 nitrogen and oxygen atoms in total. The topological polar surface area (TPSA) is 59.6 Å². The van der Waals surface area contributed by atoms with Crippen molar-refractivity contribution in [3.63, 3.8) is 0 Å². The lowest BCUT2D eigenvalue weighted by molar-refractivity contribution is -0.116. The molecule has 1 atom stereocenters. The number of amides is 1. The van der Waals surface area contributed by atoms with Gasteiger partial charge in [0.15, 0.2) is 11.5 Å². The van der Waals surface area contributed by atoms with Gasteiger partial charge in [0.2, 0.25) is 5.91 Å². The van der Waals surface area contributed by atoms with Crippen molar-refractivity contribution in [1.82, 2.24) is 5.32 Å². The van der Waals surface area contributed by atoms with Crippen molar-refractivity contribution in [3.05, 3.63) is 48.5 Å². The molecule has 0 saturated carbocycles. The molecule has 1 saturated heterocycles. The number of hydrogen-bond acceptors (Lipinski definition) is 5. The highest BCUT2D eigenvalue weighted by Gasteiger charge is 2.16. The van der Waals surface area contributed by atoms with Crippen molar-refractivity contribution in [2.45, 2.75) is 12.5 Å². The first-order chi connectivity index (χ1) is 12.2. The van der Waals surface area contributed by atoms with Gasteiger partial charge < -0.3 is 20.1 Å². The maximum atomic E-state index is 12.1. The number of carbonyl (C=O) groups is 1. The van der Waals surface area contributed by atoms with E-state index in [9.17, 15) is 4.79 Å². The number of nitrogens with one attached hydrogen (secondary N) is 2. The molecule has 1 aliphatic rings. The van der Waals surface area contributed by atoms with Crippen LogP contribution in [0.15, 0.2) is 48.5 Å². The maximum absolute atomic E-state index is 12.1. The highest BCUT2D eigenvalue weighted by Crippen LogP contribution is 2.31. The summed E-state index contributed by atoms with van der Waals surface area (Å²) in [5.41, 5.74) is 0.765. The third-order valence-electron chi connectivity index (χ3n) is 3.87. The predicted octanol–water partition coefficient (Wildman–Crippen LogP) is 3.52. The van der Waals surface area contributed by atoms with Crippen LogP contribution in [0.1, 0.15) is 6.42 Å². The first-order valence-corrected chi connectivity index (χ1v) is 9.42. The second-order valence-corrected chi connectivity index (χ2v) is 6.91. The fourth-order valence-electron chi connectivity index (χ4n) is 2.62. The maximum Gasteiger partial charge on any atom is 0.225 e. The van der Waals surface area contributed by atoms with Crippen LogP contribution in [0.25, 0.3) is 0 Å². The van der Waals surface area contributed by atoms with Gasteiger partial charge in [0.05, 0.1) is 7.11 Å². The van der Waals surface area contributed by atoms with Gasteiger partial charge in [0, 0.05) is 36.2 Å². The highest BCUT2D eigenvalue weighted by molar-refractivity contribution is 7.99. The number of benzene rings is 2. The van der Waals surface area contributed by atoms with Gasteiger partial charge in [-0.05, 0) is 36.4 Å². The largest absolute Gasteiger partial charge is 0.493 e. The number of anilines is 1. The van der Waals surface area contributed by atoms with Crippen LogP contribution in [-0.2, 0) is 4.79 Å². The Bertz CT molecular complexity index is 700. The van der Waals surface area contributed by atoms with Gasteiger partial charge >= 0.3 is 0 Å². The quantitative estimate of drug-likeness (QED) is 0.827. The van der Waals surface area contributed by atoms with Crippen LogP contribution in [0.3, 0.4) is 0 Å². The molecule has 1 fully saturated rings. The predicted molar refractivity (Wildman–Crippen MR) is 102 cm³/mol. The normalized spacial score (nSPS) is 16.9. The molecule has 3 rings (SSSR count). The van der Waals surface area contributed by atoms with E-state index in [0.717, 1.165) is 23.7 Å². The third-order valence-corrected chi connectivity index (χ3v) is 5.00. The summed E-state index contributed by atoms with van der Waals surface area (Å²) in [6.45, 7) is 0.970. The van der Waals surface area contributed by atoms with Crippen molar-refractivity contribution < 1.29 is 14.3 Å². The summed E-state index contributed by atoms with van der Waals surface area (Å²) in [4.78, 5) is 12.1. The molecule has 0 aromatic heterocycles. The second-order valence-electron chi connectivity index (χ2n) is 5.76. The molecule has 0 aliphatic carbocycles. The molecule has 2 aromatic carbocycles. The number of carbonyl (C=O) groups excluding carboxylic acids is 1. The molecule has 6 heteroatoms. The molecule has 0 spiro atoms. The molecule has 2 N–H and O–H groups in total. The summed E-state index contributed by atoms with van der Waals surface area (Å²) in [6, 6.07) is 15.1. The van der Waals surface area contributed by atoms with Crippen molar-refractivity contribution >= 4 is 23.4 Å². The van der Waals surface area contributed by atoms with Gasteiger partial charge in [-0.2, -0.15) is 11.8 Å². The molecule has 132 valence electrons. The number of ether oxygens (including phenoxy) is 2. The van der Waals surface area contributed by atoms with Crippen LogP contribution in [0.4, 0.5) is 5.69 Å². The summed E-state index contributed by atoms with van der Waals surface area (Å²) in [7, 11) is 1.61. The van der Waals surface area contributed by atoms with Gasteiger partial charge in [-0.25, -0.2) is 0 Å². The lowest BCUT2D eigenvalue weighted by Gasteiger charge is -2.22. The Kier molecular flexibility index (Phi) is 6.19. The van der Waals surface area contributed by atoms with Gasteiger partial charge in [0.25, 0.3) is 0 Å². The Balaban J connectivity index is 1.55. The monoisotopic (exact) mass is 358 g/mol. The van der Waals surface area contributed by atoms with E-state index in [2.05, 4.69) is 10.6 Å². The molecule has 1 heterocycles. The van der Waals surface area contributed by atoms with Gasteiger partial charge in [0.1, 0.15) is 5.75 Å². The minimum absolute atomic E-state index is 0.0263. The van der Waals surface area contributed by atoms with Crippen LogP contribution in [-0.4, -0.2) is 37.1 Å². The van der Waals surface area contributed by atoms with E-state index in [4.69, 9.17) is 9.47 Å². The van der Waals surface area contributed by atoms with Gasteiger partial charge in [-0.15, -0.1) is 0 Å². The van der Waals surface area contributed by atoms with Gasteiger partial charge in [-0.3, -0.25) is 4.79 Å². The van der Waals surface area contributed by atoms with E-state index in [-0.39, 0.29) is 11.9 Å². The number of thioether (sulfide) groups is 1. The number of methoxy groups -OCH3 is 1. The fourth-order valence-corrected chi connectivity index (χ4v) is 3.57. The average Bonchev–Trinajstić information content (AvgIpc) is 2.64. The molecule has 0 radical (unpaired) electrons. The molecular formula is C19H22N2O3S. The molecule has 2 aromatic rings. The SMILES string of the molecule is COc1ccccc1Oc1ccc(NC(=O)CC2CSCCN2)cc1. The van der Waals surface area contributed by atoms with E-state index in [0.29, 0.717) is 23.7 Å². The molecule has 1 aliphatic heterocycles. The smallest absolute Gasteiger partial charge is 0.225 e. The Morgan fingerprint density at radius 2 is 1.96 bits per heavy atom. The van der Waals surface area contributed by atoms with Crippen LogP contribution in [0.5, 0.6) is 17.2 Å². The lowest BCUT2D eigenvalue weighted by Crippen LogP contribution is -2.39. The Morgan fingerprint density at radius 3 is 2.64 bits per heavy atom. The molecule has 25 heavy (non-hydrogen) atoms. The molecule has 0 bridgehead atoms. The van der Waals surface area contributed by atoms with E-state index in [1.54, 1.807) is 7.11 Å². The number of hydrogen-bond donors (Lipinski definition) is 2. The first-order valence-electron chi connectivity index (χ1n) is 8.26. The second kappa shape index (κ2) is 8.78. The first kappa shape index (κ1) is 17.6. The summed E-state index contributed by atoms with van der Waals surface area (Å²) >= 11 is 1.89. The van der Waals surface area contributed by atoms with Crippen molar-refractivity contribution in [3.8, 4) is 17.2 Å². The molecular weight excluding hydrogens is 336 g/mol. The van der Waals surface area contributed by atoms with E-state index < -0.39 is 0 Å². The van der Waals surface area contributed by atoms with Gasteiger partial charge in [-0.1, -0.05) is 12.1 Å². The zero-order valence-electron chi connectivity index (χ0n) is 14.2. The van der Waals surface area contributed by atoms with Crippen LogP contribution in [0.2, 0.25) is 0 Å². The van der Waals surface area contributed by atoms with Crippen LogP contribution >= 0.6 is 11.8 Å². The number of rotatable bonds is 6. The Morgan fingerprint density at radius 1 is 1.20 bits per heavy atom. The van der Waals surface area contributed by atoms with E-state index in [1.807, 2.05) is 60.3 Å². The average molecular weight is 358 g/mol. The summed E-state index contributed by atoms with van der Waals surface area (Å²) in [6.07, 6.45) is 0.493. The van der Waals surface area contributed by atoms with Crippen LogP contribution < -0.4 is 20.1 Å². The summed E-state index contributed by atoms with van der Waals surface area (Å²) in [5, 5.41) is 6.30. The fraction of sp³-hybridized carbons (Fsp3) is 0.316. The van der Waals surface area contributed by atoms with Crippen LogP contribution in [0, 0.1) is 0 Å². The van der Waals surface area contributed by atoms with Crippen molar-refractivity contribution in [2.75, 3.05) is 30.5 Å². The van der Waals surface area contributed by atoms with E-state index >= 15 is 0 Å². The summed E-state index contributed by atoms with van der Waals surface area (Å²) in [5.74, 6) is 4.15. The van der Waals surface area contributed by atoms with E-state index in [1.165, 1.54) is 0 Å². The lowest BCUT2D eigenvalue weighted by atomic mass is 10.2. The summed E-state index contributed by atoms with van der Waals surface area (Å²) < 4.78 is 11.1. The zero-order chi connectivity index (χ0) is 17.5. The number of para-hydroxylation sites is 2. The highest BCUT2D eigenvalue weighted by atomic mass is 32.2. The van der Waals surface area contributed by atoms with Crippen molar-refractivity contribution in [2.24, 2.45) is 0 Å². The Labute approximate surface area is 152 Å². The zero-order valence-corrected chi connectivity index (χ0v) is 15.0. The molecule has 1 amide bonds. The molecule has 1 unspecified atom stereocenters. The minimum Gasteiger partial charge on any atom is -0.493 e.